The van der Waals surface area contributed by atoms with Gasteiger partial charge in [0.05, 0.1) is 0 Å². The van der Waals surface area contributed by atoms with E-state index in [9.17, 15) is 0 Å². The van der Waals surface area contributed by atoms with Crippen molar-refractivity contribution < 1.29 is 17.7 Å². The zero-order valence-corrected chi connectivity index (χ0v) is 15.0. The van der Waals surface area contributed by atoms with Crippen LogP contribution in [0.3, 0.4) is 0 Å². The molecule has 0 radical (unpaired) electrons. The maximum atomic E-state index is 5.97. The Kier molecular flexibility index (Phi) is 8.57. The first-order valence-electron chi connectivity index (χ1n) is 6.95. The second-order valence-electron chi connectivity index (χ2n) is 4.66. The van der Waals surface area contributed by atoms with E-state index in [1.54, 1.807) is 0 Å². The number of hydrogen-bond donors (Lipinski definition) is 0. The first-order valence-corrected chi connectivity index (χ1v) is 11.7. The molecule has 0 N–H and O–H groups in total. The predicted molar refractivity (Wildman–Crippen MR) is 79.2 cm³/mol. The Morgan fingerprint density at radius 2 is 1.06 bits per heavy atom. The summed E-state index contributed by atoms with van der Waals surface area (Å²) in [4.78, 5) is 0. The lowest BCUT2D eigenvalue weighted by Gasteiger charge is -2.39. The Bertz CT molecular complexity index is 207. The van der Waals surface area contributed by atoms with E-state index < -0.39 is 17.1 Å². The predicted octanol–water partition coefficient (Wildman–Crippen LogP) is 3.21. The average molecular weight is 295 g/mol. The van der Waals surface area contributed by atoms with Crippen molar-refractivity contribution >= 4 is 17.1 Å². The molecule has 0 amide bonds. The molecule has 0 saturated carbocycles. The highest BCUT2D eigenvalue weighted by Gasteiger charge is 2.54. The number of rotatable bonds is 10. The van der Waals surface area contributed by atoms with Gasteiger partial charge in [-0.1, -0.05) is 6.92 Å². The van der Waals surface area contributed by atoms with Crippen LogP contribution in [-0.2, 0) is 17.7 Å². The van der Waals surface area contributed by atoms with Gasteiger partial charge >= 0.3 is 8.80 Å². The molecule has 6 heteroatoms. The fourth-order valence-corrected chi connectivity index (χ4v) is 9.63. The third-order valence-electron chi connectivity index (χ3n) is 3.13. The summed E-state index contributed by atoms with van der Waals surface area (Å²) in [6.07, 6.45) is 0. The maximum Gasteiger partial charge on any atom is 0.503 e. The smallest absolute Gasteiger partial charge is 0.417 e. The van der Waals surface area contributed by atoms with Gasteiger partial charge in [0.1, 0.15) is 0 Å². The quantitative estimate of drug-likeness (QED) is 0.580. The lowest BCUT2D eigenvalue weighted by atomic mass is 10.9. The van der Waals surface area contributed by atoms with E-state index >= 15 is 0 Å². The van der Waals surface area contributed by atoms with E-state index in [4.69, 9.17) is 17.7 Å². The van der Waals surface area contributed by atoms with E-state index in [0.29, 0.717) is 19.8 Å². The van der Waals surface area contributed by atoms with E-state index in [2.05, 4.69) is 20.0 Å². The summed E-state index contributed by atoms with van der Waals surface area (Å²) < 4.78 is 23.8. The van der Waals surface area contributed by atoms with Gasteiger partial charge in [-0.25, -0.2) is 0 Å². The topological polar surface area (TPSA) is 36.9 Å². The lowest BCUT2D eigenvalue weighted by Crippen LogP contribution is -2.58. The molecule has 0 aliphatic rings. The van der Waals surface area contributed by atoms with E-state index in [1.165, 1.54) is 0 Å². The van der Waals surface area contributed by atoms with Gasteiger partial charge in [0.2, 0.25) is 0 Å². The summed E-state index contributed by atoms with van der Waals surface area (Å²) in [6.45, 7) is 17.2. The summed E-state index contributed by atoms with van der Waals surface area (Å²) in [5.41, 5.74) is 0. The summed E-state index contributed by atoms with van der Waals surface area (Å²) in [5.74, 6) is 0. The summed E-state index contributed by atoms with van der Waals surface area (Å²) in [7, 11) is -4.50. The van der Waals surface area contributed by atoms with Crippen molar-refractivity contribution in [2.45, 2.75) is 52.9 Å². The monoisotopic (exact) mass is 294 g/mol. The highest BCUT2D eigenvalue weighted by atomic mass is 28.4. The van der Waals surface area contributed by atoms with Gasteiger partial charge in [-0.05, 0) is 40.8 Å². The molecular formula is C12H30O4Si2. The van der Waals surface area contributed by atoms with Crippen LogP contribution in [-0.4, -0.2) is 43.5 Å². The van der Waals surface area contributed by atoms with Gasteiger partial charge in [0.15, 0.2) is 8.32 Å². The van der Waals surface area contributed by atoms with Crippen molar-refractivity contribution in [1.29, 1.82) is 0 Å². The molecule has 0 aromatic carbocycles. The van der Waals surface area contributed by atoms with Gasteiger partial charge < -0.3 is 17.7 Å². The molecule has 110 valence electrons. The van der Waals surface area contributed by atoms with Crippen molar-refractivity contribution in [1.82, 2.24) is 0 Å². The van der Waals surface area contributed by atoms with Crippen molar-refractivity contribution in [2.75, 3.05) is 26.4 Å². The van der Waals surface area contributed by atoms with E-state index in [-0.39, 0.29) is 5.16 Å². The second-order valence-corrected chi connectivity index (χ2v) is 12.5. The Balaban J connectivity index is 5.12. The first kappa shape index (κ1) is 18.3. The fourth-order valence-electron chi connectivity index (χ4n) is 2.03. The Morgan fingerprint density at radius 3 is 1.33 bits per heavy atom. The molecular weight excluding hydrogens is 264 g/mol. The molecule has 0 heterocycles. The molecule has 0 spiro atoms. The first-order chi connectivity index (χ1) is 8.40. The molecule has 0 aliphatic carbocycles. The molecule has 0 fully saturated rings. The third kappa shape index (κ3) is 4.75. The van der Waals surface area contributed by atoms with Crippen LogP contribution >= 0.6 is 0 Å². The minimum absolute atomic E-state index is 0.227. The molecule has 0 aliphatic heterocycles. The van der Waals surface area contributed by atoms with Crippen LogP contribution in [0, 0.1) is 0 Å². The Labute approximate surface area is 114 Å². The minimum Gasteiger partial charge on any atom is -0.417 e. The molecule has 1 unspecified atom stereocenters. The van der Waals surface area contributed by atoms with Crippen molar-refractivity contribution in [3.8, 4) is 0 Å². The minimum atomic E-state index is -2.63. The van der Waals surface area contributed by atoms with Gasteiger partial charge in [0.25, 0.3) is 0 Å². The molecule has 0 bridgehead atoms. The normalized spacial score (nSPS) is 14.8. The van der Waals surface area contributed by atoms with Crippen LogP contribution in [0.25, 0.3) is 0 Å². The maximum absolute atomic E-state index is 5.97. The van der Waals surface area contributed by atoms with E-state index in [0.717, 1.165) is 6.61 Å². The van der Waals surface area contributed by atoms with Crippen LogP contribution in [0.15, 0.2) is 0 Å². The zero-order chi connectivity index (χ0) is 14.2. The number of hydrogen-bond acceptors (Lipinski definition) is 4. The molecule has 0 saturated heterocycles. The molecule has 1 atom stereocenters. The largest absolute Gasteiger partial charge is 0.503 e. The van der Waals surface area contributed by atoms with Crippen molar-refractivity contribution in [3.63, 3.8) is 0 Å². The van der Waals surface area contributed by atoms with Crippen molar-refractivity contribution in [3.05, 3.63) is 0 Å². The highest BCUT2D eigenvalue weighted by Crippen LogP contribution is 2.34. The van der Waals surface area contributed by atoms with Crippen LogP contribution in [0.4, 0.5) is 0 Å². The fraction of sp³-hybridized carbons (Fsp3) is 1.00. The molecule has 0 rings (SSSR count). The van der Waals surface area contributed by atoms with Gasteiger partial charge in [0, 0.05) is 31.6 Å². The standard InChI is InChI=1S/C12H30O4Si2/c1-8-13-17(6,7)12(5)18(14-9-2,15-10-3)16-11-4/h12H,8-11H2,1-7H3. The van der Waals surface area contributed by atoms with Crippen molar-refractivity contribution in [2.24, 2.45) is 0 Å². The SMILES string of the molecule is CCO[Si](C)(C)C(C)[Si](OCC)(OCC)OCC. The molecule has 4 nitrogen and oxygen atoms in total. The van der Waals surface area contributed by atoms with Gasteiger partial charge in [-0.2, -0.15) is 0 Å². The van der Waals surface area contributed by atoms with Crippen LogP contribution < -0.4 is 0 Å². The summed E-state index contributed by atoms with van der Waals surface area (Å²) in [5, 5.41) is 0.227. The zero-order valence-electron chi connectivity index (χ0n) is 13.0. The lowest BCUT2D eigenvalue weighted by molar-refractivity contribution is 0.0667. The van der Waals surface area contributed by atoms with Crippen LogP contribution in [0.5, 0.6) is 0 Å². The van der Waals surface area contributed by atoms with Gasteiger partial charge in [-0.3, -0.25) is 0 Å². The van der Waals surface area contributed by atoms with E-state index in [1.807, 2.05) is 27.7 Å². The Hall–Kier alpha value is 0.274. The average Bonchev–Trinajstić information content (AvgIpc) is 2.29. The molecule has 18 heavy (non-hydrogen) atoms. The van der Waals surface area contributed by atoms with Crippen LogP contribution in [0.2, 0.25) is 18.3 Å². The summed E-state index contributed by atoms with van der Waals surface area (Å²) >= 11 is 0. The van der Waals surface area contributed by atoms with Crippen LogP contribution in [0.1, 0.15) is 34.6 Å². The Morgan fingerprint density at radius 1 is 0.722 bits per heavy atom. The van der Waals surface area contributed by atoms with Gasteiger partial charge in [-0.15, -0.1) is 0 Å². The highest BCUT2D eigenvalue weighted by molar-refractivity contribution is 6.87. The summed E-state index contributed by atoms with van der Waals surface area (Å²) in [6, 6.07) is 0. The molecule has 0 aromatic heterocycles. The molecule has 0 aromatic rings. The third-order valence-corrected chi connectivity index (χ3v) is 12.5. The second kappa shape index (κ2) is 8.45.